The van der Waals surface area contributed by atoms with E-state index in [2.05, 4.69) is 5.32 Å². The number of amides is 1. The molecule has 0 atom stereocenters. The average molecular weight is 403 g/mol. The third-order valence-electron chi connectivity index (χ3n) is 4.60. The molecular formula is C25H25NO4. The molecule has 0 aromatic heterocycles. The first-order valence-electron chi connectivity index (χ1n) is 9.94. The molecule has 3 rings (SSSR count). The summed E-state index contributed by atoms with van der Waals surface area (Å²) in [6, 6.07) is 26.8. The number of carbonyl (C=O) groups excluding carboxylic acids is 2. The van der Waals surface area contributed by atoms with Crippen LogP contribution in [0.25, 0.3) is 0 Å². The number of anilines is 1. The Kier molecular flexibility index (Phi) is 7.61. The highest BCUT2D eigenvalue weighted by atomic mass is 16.5. The highest BCUT2D eigenvalue weighted by Gasteiger charge is 2.20. The maximum atomic E-state index is 12.5. The largest absolute Gasteiger partial charge is 0.492 e. The van der Waals surface area contributed by atoms with Gasteiger partial charge >= 0.3 is 5.97 Å². The van der Waals surface area contributed by atoms with Crippen molar-refractivity contribution < 1.29 is 19.1 Å². The van der Waals surface area contributed by atoms with Gasteiger partial charge in [-0.05, 0) is 30.2 Å². The molecule has 3 aromatic carbocycles. The van der Waals surface area contributed by atoms with Crippen LogP contribution in [0.2, 0.25) is 0 Å². The molecule has 0 fully saturated rings. The Morgan fingerprint density at radius 1 is 0.833 bits per heavy atom. The number of esters is 1. The first kappa shape index (κ1) is 21.1. The van der Waals surface area contributed by atoms with E-state index in [0.29, 0.717) is 18.0 Å². The lowest BCUT2D eigenvalue weighted by molar-refractivity contribution is -0.147. The van der Waals surface area contributed by atoms with Crippen molar-refractivity contribution in [3.05, 3.63) is 96.1 Å². The first-order chi connectivity index (χ1) is 14.7. The number of para-hydroxylation sites is 2. The molecule has 0 bridgehead atoms. The SMILES string of the molecule is CCOc1ccccc1NC(=O)COC(=O)CC(c1ccccc1)c1ccccc1. The number of hydrogen-bond acceptors (Lipinski definition) is 4. The lowest BCUT2D eigenvalue weighted by Crippen LogP contribution is -2.22. The summed E-state index contributed by atoms with van der Waals surface area (Å²) < 4.78 is 10.7. The van der Waals surface area contributed by atoms with Crippen LogP contribution >= 0.6 is 0 Å². The minimum atomic E-state index is -0.430. The predicted molar refractivity (Wildman–Crippen MR) is 117 cm³/mol. The van der Waals surface area contributed by atoms with Crippen molar-refractivity contribution in [2.75, 3.05) is 18.5 Å². The maximum absolute atomic E-state index is 12.5. The van der Waals surface area contributed by atoms with Gasteiger partial charge in [0, 0.05) is 5.92 Å². The van der Waals surface area contributed by atoms with Gasteiger partial charge in [-0.25, -0.2) is 0 Å². The zero-order valence-corrected chi connectivity index (χ0v) is 16.9. The van der Waals surface area contributed by atoms with E-state index in [0.717, 1.165) is 11.1 Å². The minimum absolute atomic E-state index is 0.137. The molecule has 3 aromatic rings. The molecule has 5 nitrogen and oxygen atoms in total. The van der Waals surface area contributed by atoms with E-state index in [1.54, 1.807) is 18.2 Å². The Morgan fingerprint density at radius 2 is 1.40 bits per heavy atom. The van der Waals surface area contributed by atoms with Gasteiger partial charge in [-0.15, -0.1) is 0 Å². The molecule has 0 radical (unpaired) electrons. The monoisotopic (exact) mass is 403 g/mol. The van der Waals surface area contributed by atoms with Gasteiger partial charge in [-0.1, -0.05) is 72.8 Å². The van der Waals surface area contributed by atoms with Crippen molar-refractivity contribution in [2.45, 2.75) is 19.3 Å². The quantitative estimate of drug-likeness (QED) is 0.522. The highest BCUT2D eigenvalue weighted by molar-refractivity contribution is 5.94. The van der Waals surface area contributed by atoms with E-state index < -0.39 is 11.9 Å². The van der Waals surface area contributed by atoms with Gasteiger partial charge in [0.2, 0.25) is 0 Å². The molecular weight excluding hydrogens is 378 g/mol. The number of nitrogens with one attached hydrogen (secondary N) is 1. The normalized spacial score (nSPS) is 10.5. The molecule has 0 aliphatic heterocycles. The number of rotatable bonds is 9. The zero-order valence-electron chi connectivity index (χ0n) is 16.9. The summed E-state index contributed by atoms with van der Waals surface area (Å²) in [7, 11) is 0. The molecule has 0 saturated carbocycles. The number of carbonyl (C=O) groups is 2. The van der Waals surface area contributed by atoms with Crippen LogP contribution in [0.4, 0.5) is 5.69 Å². The van der Waals surface area contributed by atoms with Gasteiger partial charge in [0.25, 0.3) is 5.91 Å². The first-order valence-corrected chi connectivity index (χ1v) is 9.94. The lowest BCUT2D eigenvalue weighted by atomic mass is 9.89. The molecule has 30 heavy (non-hydrogen) atoms. The number of ether oxygens (including phenoxy) is 2. The highest BCUT2D eigenvalue weighted by Crippen LogP contribution is 2.28. The fourth-order valence-electron chi connectivity index (χ4n) is 3.21. The van der Waals surface area contributed by atoms with E-state index in [1.165, 1.54) is 0 Å². The molecule has 0 unspecified atom stereocenters. The summed E-state index contributed by atoms with van der Waals surface area (Å²) in [5.74, 6) is -0.401. The second kappa shape index (κ2) is 10.8. The van der Waals surface area contributed by atoms with Crippen molar-refractivity contribution in [1.29, 1.82) is 0 Å². The zero-order chi connectivity index (χ0) is 21.2. The summed E-state index contributed by atoms with van der Waals surface area (Å²) in [5, 5.41) is 2.73. The Hall–Kier alpha value is -3.60. The van der Waals surface area contributed by atoms with Gasteiger partial charge in [0.15, 0.2) is 6.61 Å². The maximum Gasteiger partial charge on any atom is 0.307 e. The van der Waals surface area contributed by atoms with Gasteiger partial charge < -0.3 is 14.8 Å². The van der Waals surface area contributed by atoms with E-state index in [4.69, 9.17) is 9.47 Å². The fraction of sp³-hybridized carbons (Fsp3) is 0.200. The standard InChI is InChI=1S/C25H25NO4/c1-2-29-23-16-10-9-15-22(23)26-24(27)18-30-25(28)17-21(19-11-5-3-6-12-19)20-13-7-4-8-14-20/h3-16,21H,2,17-18H2,1H3,(H,26,27). The Bertz CT molecular complexity index is 918. The van der Waals surface area contributed by atoms with Crippen molar-refractivity contribution in [1.82, 2.24) is 0 Å². The van der Waals surface area contributed by atoms with E-state index in [9.17, 15) is 9.59 Å². The van der Waals surface area contributed by atoms with Gasteiger partial charge in [-0.3, -0.25) is 9.59 Å². The second-order valence-corrected chi connectivity index (χ2v) is 6.72. The molecule has 0 heterocycles. The summed E-state index contributed by atoms with van der Waals surface area (Å²) in [5.41, 5.74) is 2.60. The molecule has 0 spiro atoms. The summed E-state index contributed by atoms with van der Waals surface area (Å²) >= 11 is 0. The number of benzene rings is 3. The smallest absolute Gasteiger partial charge is 0.307 e. The molecule has 0 saturated heterocycles. The summed E-state index contributed by atoms with van der Waals surface area (Å²) in [6.45, 7) is 2.01. The molecule has 0 aliphatic carbocycles. The topological polar surface area (TPSA) is 64.6 Å². The van der Waals surface area contributed by atoms with Crippen molar-refractivity contribution in [2.24, 2.45) is 0 Å². The van der Waals surface area contributed by atoms with Gasteiger partial charge in [0.05, 0.1) is 18.7 Å². The van der Waals surface area contributed by atoms with Crippen LogP contribution in [0.15, 0.2) is 84.9 Å². The Morgan fingerprint density at radius 3 is 2.00 bits per heavy atom. The van der Waals surface area contributed by atoms with Crippen LogP contribution in [-0.2, 0) is 14.3 Å². The molecule has 154 valence electrons. The third kappa shape index (κ3) is 5.95. The Labute approximate surface area is 176 Å². The van der Waals surface area contributed by atoms with Crippen LogP contribution in [-0.4, -0.2) is 25.1 Å². The van der Waals surface area contributed by atoms with Gasteiger partial charge in [0.1, 0.15) is 5.75 Å². The van der Waals surface area contributed by atoms with Gasteiger partial charge in [-0.2, -0.15) is 0 Å². The molecule has 1 N–H and O–H groups in total. The van der Waals surface area contributed by atoms with Crippen LogP contribution in [0, 0.1) is 0 Å². The van der Waals surface area contributed by atoms with Crippen LogP contribution < -0.4 is 10.1 Å². The summed E-state index contributed by atoms with van der Waals surface area (Å²) in [6.07, 6.45) is 0.150. The van der Waals surface area contributed by atoms with Crippen molar-refractivity contribution in [3.63, 3.8) is 0 Å². The molecule has 0 aliphatic rings. The number of hydrogen-bond donors (Lipinski definition) is 1. The Balaban J connectivity index is 1.60. The minimum Gasteiger partial charge on any atom is -0.492 e. The van der Waals surface area contributed by atoms with Crippen LogP contribution in [0.3, 0.4) is 0 Å². The predicted octanol–water partition coefficient (Wildman–Crippen LogP) is 4.79. The molecule has 1 amide bonds. The lowest BCUT2D eigenvalue weighted by Gasteiger charge is -2.17. The average Bonchev–Trinajstić information content (AvgIpc) is 2.79. The van der Waals surface area contributed by atoms with E-state index in [1.807, 2.05) is 73.7 Å². The second-order valence-electron chi connectivity index (χ2n) is 6.72. The fourth-order valence-corrected chi connectivity index (χ4v) is 3.21. The van der Waals surface area contributed by atoms with Crippen LogP contribution in [0.1, 0.15) is 30.4 Å². The van der Waals surface area contributed by atoms with Crippen molar-refractivity contribution >= 4 is 17.6 Å². The third-order valence-corrected chi connectivity index (χ3v) is 4.60. The van der Waals surface area contributed by atoms with Crippen molar-refractivity contribution in [3.8, 4) is 5.75 Å². The summed E-state index contributed by atoms with van der Waals surface area (Å²) in [4.78, 5) is 24.8. The van der Waals surface area contributed by atoms with Crippen LogP contribution in [0.5, 0.6) is 5.75 Å². The van der Waals surface area contributed by atoms with E-state index >= 15 is 0 Å². The molecule has 5 heteroatoms. The van der Waals surface area contributed by atoms with E-state index in [-0.39, 0.29) is 18.9 Å².